The van der Waals surface area contributed by atoms with E-state index in [1.54, 1.807) is 5.57 Å². The number of unbranched alkanes of at least 4 members (excludes halogenated alkanes) is 9. The minimum atomic E-state index is 0.102. The number of hydrogen-bond acceptors (Lipinski definition) is 5. The fourth-order valence-electron chi connectivity index (χ4n) is 12.7. The van der Waals surface area contributed by atoms with Gasteiger partial charge in [-0.2, -0.15) is 0 Å². The van der Waals surface area contributed by atoms with Crippen LogP contribution in [0.25, 0.3) is 0 Å². The molecule has 5 heteroatoms. The molecular formula is C56H99NO4. The minimum absolute atomic E-state index is 0.102. The standard InChI is InChI=1S/C56H99NO4/c1-7-8-9-10-11-12-13-14-15-16-17-18-19-20-21-22-36-59-43-49(42-57-35-34-56(5,6)44-57)61-40-38-58-37-39-60-48-27-29-51-47(41-48)26-28-54-53(51)33-32-52-50(30-31-55(52)54)46(4)25-23-24-45(2)3/h11-12,14-15,26,45-46,48-55H,7-10,13,16-25,27-44H2,1-6H3/b12-11-,15-14-/t46-,48+,49?,50-,51?,52?,53-,54-,55-/m1/s1. The molecular weight excluding hydrogens is 751 g/mol. The fraction of sp³-hybridized carbons (Fsp3) is 0.893. The molecule has 5 rings (SSSR count). The van der Waals surface area contributed by atoms with E-state index < -0.39 is 0 Å². The lowest BCUT2D eigenvalue weighted by Gasteiger charge is -2.50. The molecule has 3 saturated carbocycles. The van der Waals surface area contributed by atoms with Gasteiger partial charge >= 0.3 is 0 Å². The van der Waals surface area contributed by atoms with Crippen LogP contribution in [0.4, 0.5) is 0 Å². The zero-order valence-corrected chi connectivity index (χ0v) is 41.1. The fourth-order valence-corrected chi connectivity index (χ4v) is 12.7. The van der Waals surface area contributed by atoms with Crippen LogP contribution >= 0.6 is 0 Å². The van der Waals surface area contributed by atoms with Crippen molar-refractivity contribution in [1.29, 1.82) is 0 Å². The number of allylic oxidation sites excluding steroid dienone is 5. The maximum absolute atomic E-state index is 6.47. The highest BCUT2D eigenvalue weighted by molar-refractivity contribution is 5.19. The first kappa shape index (κ1) is 51.0. The Kier molecular flexibility index (Phi) is 24.1. The van der Waals surface area contributed by atoms with Crippen LogP contribution < -0.4 is 0 Å². The Labute approximate surface area is 378 Å². The highest BCUT2D eigenvalue weighted by atomic mass is 16.6. The van der Waals surface area contributed by atoms with Crippen LogP contribution in [0.5, 0.6) is 0 Å². The van der Waals surface area contributed by atoms with E-state index in [4.69, 9.17) is 18.9 Å². The Morgan fingerprint density at radius 1 is 0.705 bits per heavy atom. The summed E-state index contributed by atoms with van der Waals surface area (Å²) >= 11 is 0. The summed E-state index contributed by atoms with van der Waals surface area (Å²) in [6.07, 6.45) is 44.5. The summed E-state index contributed by atoms with van der Waals surface area (Å²) < 4.78 is 25.2. The Bertz CT molecular complexity index is 1240. The molecule has 1 aliphatic heterocycles. The first-order chi connectivity index (χ1) is 29.7. The van der Waals surface area contributed by atoms with Gasteiger partial charge in [0.25, 0.3) is 0 Å². The number of fused-ring (bicyclic) bond motifs is 5. The molecule has 0 aromatic carbocycles. The van der Waals surface area contributed by atoms with Crippen molar-refractivity contribution < 1.29 is 18.9 Å². The van der Waals surface area contributed by atoms with Crippen molar-refractivity contribution in [2.75, 3.05) is 59.3 Å². The molecule has 9 atom stereocenters. The molecule has 0 N–H and O–H groups in total. The average Bonchev–Trinajstić information content (AvgIpc) is 3.84. The van der Waals surface area contributed by atoms with Crippen molar-refractivity contribution in [2.45, 2.75) is 208 Å². The predicted octanol–water partition coefficient (Wildman–Crippen LogP) is 14.6. The quantitative estimate of drug-likeness (QED) is 0.0498. The Balaban J connectivity index is 0.894. The lowest BCUT2D eigenvalue weighted by atomic mass is 9.56. The largest absolute Gasteiger partial charge is 0.379 e. The monoisotopic (exact) mass is 850 g/mol. The molecule has 0 radical (unpaired) electrons. The van der Waals surface area contributed by atoms with Gasteiger partial charge in [0.05, 0.1) is 45.2 Å². The second kappa shape index (κ2) is 28.8. The lowest BCUT2D eigenvalue weighted by molar-refractivity contribution is -0.0602. The highest BCUT2D eigenvalue weighted by Crippen LogP contribution is 2.59. The van der Waals surface area contributed by atoms with Crippen molar-refractivity contribution >= 4 is 0 Å². The lowest BCUT2D eigenvalue weighted by Crippen LogP contribution is -2.42. The molecule has 4 aliphatic carbocycles. The van der Waals surface area contributed by atoms with Crippen molar-refractivity contribution in [3.05, 3.63) is 36.0 Å². The zero-order chi connectivity index (χ0) is 43.1. The highest BCUT2D eigenvalue weighted by Gasteiger charge is 2.50. The van der Waals surface area contributed by atoms with Gasteiger partial charge < -0.3 is 23.8 Å². The average molecular weight is 850 g/mol. The van der Waals surface area contributed by atoms with Gasteiger partial charge in [-0.1, -0.05) is 135 Å². The van der Waals surface area contributed by atoms with Crippen LogP contribution in [-0.4, -0.2) is 76.4 Å². The third-order valence-corrected chi connectivity index (χ3v) is 16.1. The number of hydrogen-bond donors (Lipinski definition) is 0. The van der Waals surface area contributed by atoms with Gasteiger partial charge in [-0.05, 0) is 156 Å². The summed E-state index contributed by atoms with van der Waals surface area (Å²) in [7, 11) is 0. The van der Waals surface area contributed by atoms with E-state index in [-0.39, 0.29) is 6.10 Å². The van der Waals surface area contributed by atoms with Crippen LogP contribution in [0.3, 0.4) is 0 Å². The molecule has 1 saturated heterocycles. The molecule has 352 valence electrons. The van der Waals surface area contributed by atoms with Gasteiger partial charge in [0.2, 0.25) is 0 Å². The molecule has 1 heterocycles. The van der Waals surface area contributed by atoms with Crippen LogP contribution in [0, 0.1) is 52.8 Å². The van der Waals surface area contributed by atoms with Crippen molar-refractivity contribution in [2.24, 2.45) is 52.8 Å². The third-order valence-electron chi connectivity index (χ3n) is 16.1. The molecule has 0 aromatic heterocycles. The maximum atomic E-state index is 6.47. The molecule has 0 bridgehead atoms. The van der Waals surface area contributed by atoms with E-state index in [9.17, 15) is 0 Å². The summed E-state index contributed by atoms with van der Waals surface area (Å²) in [5.74, 6) is 7.54. The Hall–Kier alpha value is -0.980. The topological polar surface area (TPSA) is 40.2 Å². The van der Waals surface area contributed by atoms with Gasteiger partial charge in [-0.25, -0.2) is 0 Å². The number of likely N-dealkylation sites (tertiary alicyclic amines) is 1. The third kappa shape index (κ3) is 18.4. The van der Waals surface area contributed by atoms with E-state index in [0.29, 0.717) is 44.6 Å². The summed E-state index contributed by atoms with van der Waals surface area (Å²) in [6, 6.07) is 0. The number of rotatable bonds is 32. The van der Waals surface area contributed by atoms with E-state index in [1.807, 2.05) is 0 Å². The van der Waals surface area contributed by atoms with Gasteiger partial charge in [0.15, 0.2) is 0 Å². The second-order valence-electron chi connectivity index (χ2n) is 22.1. The van der Waals surface area contributed by atoms with Gasteiger partial charge in [-0.15, -0.1) is 0 Å². The van der Waals surface area contributed by atoms with E-state index in [0.717, 1.165) is 92.8 Å². The first-order valence-electron chi connectivity index (χ1n) is 26.8. The summed E-state index contributed by atoms with van der Waals surface area (Å²) in [5.41, 5.74) is 2.15. The van der Waals surface area contributed by atoms with Crippen LogP contribution in [0.1, 0.15) is 196 Å². The maximum Gasteiger partial charge on any atom is 0.0936 e. The summed E-state index contributed by atoms with van der Waals surface area (Å²) in [5, 5.41) is 0. The normalized spacial score (nSPS) is 28.7. The second-order valence-corrected chi connectivity index (χ2v) is 22.1. The van der Waals surface area contributed by atoms with E-state index in [2.05, 4.69) is 76.8 Å². The first-order valence-corrected chi connectivity index (χ1v) is 26.8. The molecule has 3 unspecified atom stereocenters. The number of nitrogens with zero attached hydrogens (tertiary/aromatic N) is 1. The Morgan fingerprint density at radius 3 is 2.21 bits per heavy atom. The van der Waals surface area contributed by atoms with Crippen LogP contribution in [0.2, 0.25) is 0 Å². The summed E-state index contributed by atoms with van der Waals surface area (Å²) in [4.78, 5) is 2.58. The minimum Gasteiger partial charge on any atom is -0.379 e. The number of ether oxygens (including phenoxy) is 4. The molecule has 61 heavy (non-hydrogen) atoms. The Morgan fingerprint density at radius 2 is 1.44 bits per heavy atom. The van der Waals surface area contributed by atoms with Gasteiger partial charge in [0, 0.05) is 19.7 Å². The van der Waals surface area contributed by atoms with Crippen molar-refractivity contribution in [3.8, 4) is 0 Å². The SMILES string of the molecule is CCCCC/C=C\C/C=C\CCCCCCCCOCC(CN1CCC(C)(C)C1)OCCOCCO[C@H]1CCC2C(=CC[C@@H]3[C@@H]2CCC2[C@H]3CC[C@@H]2[C@H](C)CCCC(C)C)C1. The molecule has 0 spiro atoms. The summed E-state index contributed by atoms with van der Waals surface area (Å²) in [6.45, 7) is 21.8. The van der Waals surface area contributed by atoms with E-state index in [1.165, 1.54) is 135 Å². The molecule has 5 aliphatic rings. The van der Waals surface area contributed by atoms with Gasteiger partial charge in [0.1, 0.15) is 0 Å². The zero-order valence-electron chi connectivity index (χ0n) is 41.1. The van der Waals surface area contributed by atoms with Gasteiger partial charge in [-0.3, -0.25) is 0 Å². The molecule has 5 nitrogen and oxygen atoms in total. The molecule has 4 fully saturated rings. The predicted molar refractivity (Wildman–Crippen MR) is 259 cm³/mol. The molecule has 0 aromatic rings. The van der Waals surface area contributed by atoms with Crippen LogP contribution in [0.15, 0.2) is 36.0 Å². The molecule has 0 amide bonds. The van der Waals surface area contributed by atoms with Crippen molar-refractivity contribution in [1.82, 2.24) is 4.90 Å². The van der Waals surface area contributed by atoms with E-state index >= 15 is 0 Å². The smallest absolute Gasteiger partial charge is 0.0936 e. The van der Waals surface area contributed by atoms with Crippen molar-refractivity contribution in [3.63, 3.8) is 0 Å². The van der Waals surface area contributed by atoms with Crippen LogP contribution in [-0.2, 0) is 18.9 Å².